The topological polar surface area (TPSA) is 114 Å². The number of rotatable bonds is 6. The zero-order valence-corrected chi connectivity index (χ0v) is 18.2. The summed E-state index contributed by atoms with van der Waals surface area (Å²) in [4.78, 5) is 29.3. The van der Waals surface area contributed by atoms with Crippen molar-refractivity contribution in [1.29, 1.82) is 0 Å². The van der Waals surface area contributed by atoms with E-state index in [4.69, 9.17) is 16.3 Å². The highest BCUT2D eigenvalue weighted by Gasteiger charge is 2.31. The van der Waals surface area contributed by atoms with Crippen LogP contribution in [-0.4, -0.2) is 69.0 Å². The van der Waals surface area contributed by atoms with E-state index in [1.807, 2.05) is 4.90 Å². The Kier molecular flexibility index (Phi) is 7.03. The zero-order valence-electron chi connectivity index (χ0n) is 17.5. The number of anilines is 1. The lowest BCUT2D eigenvalue weighted by Crippen LogP contribution is -2.50. The summed E-state index contributed by atoms with van der Waals surface area (Å²) in [6, 6.07) is 4.80. The normalized spacial score (nSPS) is 16.4. The molecule has 2 aromatic rings. The number of carbonyl (C=O) groups excluding carboxylic acids is 1. The van der Waals surface area contributed by atoms with E-state index in [0.29, 0.717) is 18.8 Å². The maximum atomic E-state index is 12.7. The van der Waals surface area contributed by atoms with Gasteiger partial charge >= 0.3 is 23.4 Å². The van der Waals surface area contributed by atoms with E-state index in [1.165, 1.54) is 28.5 Å². The van der Waals surface area contributed by atoms with Gasteiger partial charge in [-0.15, -0.1) is 0 Å². The van der Waals surface area contributed by atoms with Gasteiger partial charge < -0.3 is 29.8 Å². The molecule has 1 saturated heterocycles. The van der Waals surface area contributed by atoms with Gasteiger partial charge in [-0.3, -0.25) is 4.57 Å². The molecule has 1 atom stereocenters. The molecule has 1 aromatic carbocycles. The highest BCUT2D eigenvalue weighted by molar-refractivity contribution is 6.28. The number of nitro groups is 1. The summed E-state index contributed by atoms with van der Waals surface area (Å²) in [5.41, 5.74) is -1.69. The Balaban J connectivity index is 1.49. The summed E-state index contributed by atoms with van der Waals surface area (Å²) in [5, 5.41) is 21.1. The molecule has 1 unspecified atom stereocenters. The largest absolute Gasteiger partial charge is 0.446 e. The van der Waals surface area contributed by atoms with Crippen LogP contribution in [0, 0.1) is 10.1 Å². The number of carbonyl (C=O) groups is 1. The van der Waals surface area contributed by atoms with Crippen molar-refractivity contribution < 1.29 is 32.7 Å². The van der Waals surface area contributed by atoms with Gasteiger partial charge in [0.1, 0.15) is 18.4 Å². The van der Waals surface area contributed by atoms with Gasteiger partial charge in [0.15, 0.2) is 0 Å². The number of benzene rings is 1. The van der Waals surface area contributed by atoms with Gasteiger partial charge in [-0.25, -0.2) is 4.79 Å². The molecule has 2 heterocycles. The molecular formula is C19H21ClF3N5O5. The van der Waals surface area contributed by atoms with Crippen molar-refractivity contribution in [2.24, 2.45) is 0 Å². The first kappa shape index (κ1) is 24.6. The molecule has 0 saturated carbocycles. The number of aliphatic hydroxyl groups is 1. The van der Waals surface area contributed by atoms with Crippen LogP contribution in [0.3, 0.4) is 0 Å². The first-order chi connectivity index (χ1) is 15.4. The predicted octanol–water partition coefficient (Wildman–Crippen LogP) is 3.17. The third-order valence-electron chi connectivity index (χ3n) is 5.02. The summed E-state index contributed by atoms with van der Waals surface area (Å²) < 4.78 is 44.5. The summed E-state index contributed by atoms with van der Waals surface area (Å²) in [7, 11) is 0. The third-order valence-corrected chi connectivity index (χ3v) is 5.32. The lowest BCUT2D eigenvalue weighted by molar-refractivity contribution is -0.389. The van der Waals surface area contributed by atoms with Crippen LogP contribution in [0.1, 0.15) is 12.5 Å². The standard InChI is InChI=1S/C19H21ClF3N5O5/c1-18(30,11-27-10-15(28(31)32)24-16(27)20)12-33-17(29)26-8-6-25(7-9-26)14-4-2-13(3-5-14)19(21,22)23/h2-5,10,30H,6-9,11-12H2,1H3. The molecule has 0 radical (unpaired) electrons. The van der Waals surface area contributed by atoms with E-state index in [1.54, 1.807) is 0 Å². The minimum atomic E-state index is -4.40. The predicted molar refractivity (Wildman–Crippen MR) is 111 cm³/mol. The van der Waals surface area contributed by atoms with Gasteiger partial charge in [-0.05, 0) is 52.7 Å². The molecular weight excluding hydrogens is 471 g/mol. The molecule has 1 N–H and O–H groups in total. The highest BCUT2D eigenvalue weighted by Crippen LogP contribution is 2.30. The van der Waals surface area contributed by atoms with Crippen molar-refractivity contribution in [2.45, 2.75) is 25.2 Å². The van der Waals surface area contributed by atoms with Crippen LogP contribution in [0.5, 0.6) is 0 Å². The fraction of sp³-hybridized carbons (Fsp3) is 0.474. The van der Waals surface area contributed by atoms with Gasteiger partial charge in [-0.2, -0.15) is 13.2 Å². The molecule has 33 heavy (non-hydrogen) atoms. The Labute approximate surface area is 191 Å². The van der Waals surface area contributed by atoms with E-state index in [2.05, 4.69) is 4.98 Å². The number of imidazole rings is 1. The number of ether oxygens (including phenoxy) is 1. The van der Waals surface area contributed by atoms with Crippen LogP contribution in [0.2, 0.25) is 5.28 Å². The molecule has 0 spiro atoms. The van der Waals surface area contributed by atoms with Crippen LogP contribution >= 0.6 is 11.6 Å². The number of nitrogens with zero attached hydrogens (tertiary/aromatic N) is 5. The lowest BCUT2D eigenvalue weighted by Gasteiger charge is -2.36. The smallest absolute Gasteiger partial charge is 0.416 e. The fourth-order valence-electron chi connectivity index (χ4n) is 3.31. The number of piperazine rings is 1. The Morgan fingerprint density at radius 3 is 2.36 bits per heavy atom. The number of alkyl halides is 3. The molecule has 14 heteroatoms. The van der Waals surface area contributed by atoms with Gasteiger partial charge in [-0.1, -0.05) is 0 Å². The number of hydrogen-bond acceptors (Lipinski definition) is 7. The maximum Gasteiger partial charge on any atom is 0.416 e. The van der Waals surface area contributed by atoms with Crippen molar-refractivity contribution in [3.05, 3.63) is 51.4 Å². The van der Waals surface area contributed by atoms with Crippen molar-refractivity contribution in [2.75, 3.05) is 37.7 Å². The first-order valence-corrected chi connectivity index (χ1v) is 10.2. The van der Waals surface area contributed by atoms with E-state index in [9.17, 15) is 33.2 Å². The molecule has 3 rings (SSSR count). The summed E-state index contributed by atoms with van der Waals surface area (Å²) >= 11 is 5.83. The summed E-state index contributed by atoms with van der Waals surface area (Å²) in [6.45, 7) is 2.14. The molecule has 1 aromatic heterocycles. The van der Waals surface area contributed by atoms with Crippen molar-refractivity contribution in [3.63, 3.8) is 0 Å². The van der Waals surface area contributed by atoms with E-state index < -0.39 is 40.8 Å². The van der Waals surface area contributed by atoms with Gasteiger partial charge in [0, 0.05) is 31.9 Å². The monoisotopic (exact) mass is 491 g/mol. The quantitative estimate of drug-likeness (QED) is 0.487. The number of amides is 1. The number of hydrogen-bond donors (Lipinski definition) is 1. The zero-order chi connectivity index (χ0) is 24.4. The fourth-order valence-corrected chi connectivity index (χ4v) is 3.50. The average molecular weight is 492 g/mol. The van der Waals surface area contributed by atoms with Crippen LogP contribution in [-0.2, 0) is 17.5 Å². The first-order valence-electron chi connectivity index (χ1n) is 9.79. The summed E-state index contributed by atoms with van der Waals surface area (Å²) in [5.74, 6) is -0.473. The number of halogens is 4. The maximum absolute atomic E-state index is 12.7. The molecule has 1 aliphatic rings. The third kappa shape index (κ3) is 6.26. The van der Waals surface area contributed by atoms with Crippen molar-refractivity contribution >= 4 is 29.2 Å². The minimum Gasteiger partial charge on any atom is -0.446 e. The Bertz CT molecular complexity index is 1000. The van der Waals surface area contributed by atoms with E-state index >= 15 is 0 Å². The van der Waals surface area contributed by atoms with Crippen LogP contribution in [0.25, 0.3) is 0 Å². The minimum absolute atomic E-state index is 0.187. The van der Waals surface area contributed by atoms with Crippen LogP contribution in [0.15, 0.2) is 30.5 Å². The van der Waals surface area contributed by atoms with Crippen LogP contribution in [0.4, 0.5) is 29.5 Å². The van der Waals surface area contributed by atoms with Crippen LogP contribution < -0.4 is 4.90 Å². The van der Waals surface area contributed by atoms with Gasteiger partial charge in [0.05, 0.1) is 12.1 Å². The number of aromatic nitrogens is 2. The molecule has 10 nitrogen and oxygen atoms in total. The molecule has 1 aliphatic heterocycles. The van der Waals surface area contributed by atoms with Gasteiger partial charge in [0.25, 0.3) is 0 Å². The second-order valence-electron chi connectivity index (χ2n) is 7.82. The van der Waals surface area contributed by atoms with E-state index in [-0.39, 0.29) is 24.9 Å². The molecule has 1 fully saturated rings. The summed E-state index contributed by atoms with van der Waals surface area (Å²) in [6.07, 6.45) is -4.00. The molecule has 180 valence electrons. The van der Waals surface area contributed by atoms with Gasteiger partial charge in [0.2, 0.25) is 0 Å². The highest BCUT2D eigenvalue weighted by atomic mass is 35.5. The van der Waals surface area contributed by atoms with Crippen molar-refractivity contribution in [1.82, 2.24) is 14.5 Å². The molecule has 1 amide bonds. The average Bonchev–Trinajstić information content (AvgIpc) is 3.11. The van der Waals surface area contributed by atoms with Crippen molar-refractivity contribution in [3.8, 4) is 0 Å². The Hall–Kier alpha value is -3.06. The Morgan fingerprint density at radius 1 is 1.24 bits per heavy atom. The van der Waals surface area contributed by atoms with E-state index in [0.717, 1.165) is 18.3 Å². The molecule has 0 bridgehead atoms. The second-order valence-corrected chi connectivity index (χ2v) is 8.16. The lowest BCUT2D eigenvalue weighted by atomic mass is 10.1. The SMILES string of the molecule is CC(O)(COC(=O)N1CCN(c2ccc(C(F)(F)F)cc2)CC1)Cn1cc([N+](=O)[O-])nc1Cl. The second kappa shape index (κ2) is 9.43. The Morgan fingerprint density at radius 2 is 1.85 bits per heavy atom. The molecule has 0 aliphatic carbocycles.